The summed E-state index contributed by atoms with van der Waals surface area (Å²) >= 11 is 0. The van der Waals surface area contributed by atoms with Crippen molar-refractivity contribution >= 4 is 5.97 Å². The fraction of sp³-hybridized carbons (Fsp3) is 0.250. The molecule has 2 nitrogen and oxygen atoms in total. The molecule has 0 unspecified atom stereocenters. The predicted octanol–water partition coefficient (Wildman–Crippen LogP) is 0.597. The normalized spacial score (nSPS) is 9.86. The fourth-order valence-electron chi connectivity index (χ4n) is 0.145. The summed E-state index contributed by atoms with van der Waals surface area (Å²) < 4.78 is 11.0. The molecule has 0 aliphatic heterocycles. The van der Waals surface area contributed by atoms with Gasteiger partial charge in [0.25, 0.3) is 0 Å². The van der Waals surface area contributed by atoms with Gasteiger partial charge in [-0.05, 0) is 6.08 Å². The van der Waals surface area contributed by atoms with Crippen molar-refractivity contribution in [1.29, 1.82) is 0 Å². The number of alkyl halides is 1. The Morgan fingerprint density at radius 1 is 1.86 bits per heavy atom. The zero-order chi connectivity index (χ0) is 5.70. The average molecular weight is 104 g/mol. The first kappa shape index (κ1) is 6.14. The van der Waals surface area contributed by atoms with Crippen LogP contribution in [0.2, 0.25) is 0 Å². The van der Waals surface area contributed by atoms with Gasteiger partial charge in [0.15, 0.2) is 0 Å². The van der Waals surface area contributed by atoms with Gasteiger partial charge in [-0.15, -0.1) is 0 Å². The van der Waals surface area contributed by atoms with Crippen molar-refractivity contribution < 1.29 is 14.3 Å². The lowest BCUT2D eigenvalue weighted by Crippen LogP contribution is -1.85. The molecular formula is C4H5FO2. The lowest BCUT2D eigenvalue weighted by molar-refractivity contribution is -0.131. The van der Waals surface area contributed by atoms with Crippen LogP contribution in [0.4, 0.5) is 4.39 Å². The van der Waals surface area contributed by atoms with E-state index in [1.807, 2.05) is 0 Å². The van der Waals surface area contributed by atoms with Crippen LogP contribution < -0.4 is 0 Å². The van der Waals surface area contributed by atoms with Gasteiger partial charge in [-0.2, -0.15) is 0 Å². The number of carboxylic acid groups (broad SMARTS) is 1. The van der Waals surface area contributed by atoms with Crippen molar-refractivity contribution in [1.82, 2.24) is 0 Å². The van der Waals surface area contributed by atoms with E-state index in [4.69, 9.17) is 5.11 Å². The molecule has 0 fully saturated rings. The van der Waals surface area contributed by atoms with Crippen molar-refractivity contribution in [2.24, 2.45) is 0 Å². The minimum Gasteiger partial charge on any atom is -0.478 e. The van der Waals surface area contributed by atoms with Gasteiger partial charge < -0.3 is 5.11 Å². The van der Waals surface area contributed by atoms with Crippen LogP contribution in [-0.2, 0) is 4.79 Å². The molecular weight excluding hydrogens is 99.0 g/mol. The predicted molar refractivity (Wildman–Crippen MR) is 22.8 cm³/mol. The second-order valence-corrected chi connectivity index (χ2v) is 0.895. The van der Waals surface area contributed by atoms with Gasteiger partial charge in [0.05, 0.1) is 0 Å². The molecule has 1 N–H and O–H groups in total. The number of carboxylic acids is 1. The van der Waals surface area contributed by atoms with Crippen LogP contribution in [0.5, 0.6) is 0 Å². The molecule has 0 radical (unpaired) electrons. The summed E-state index contributed by atoms with van der Waals surface area (Å²) in [4.78, 5) is 9.50. The van der Waals surface area contributed by atoms with Crippen LogP contribution in [0.15, 0.2) is 12.2 Å². The van der Waals surface area contributed by atoms with E-state index < -0.39 is 12.6 Å². The summed E-state index contributed by atoms with van der Waals surface area (Å²) in [5.41, 5.74) is 0. The highest BCUT2D eigenvalue weighted by Crippen LogP contribution is 1.71. The van der Waals surface area contributed by atoms with E-state index in [9.17, 15) is 9.18 Å². The number of hydrogen-bond acceptors (Lipinski definition) is 1. The zero-order valence-electron chi connectivity index (χ0n) is 3.60. The van der Waals surface area contributed by atoms with E-state index >= 15 is 0 Å². The summed E-state index contributed by atoms with van der Waals surface area (Å²) in [6.45, 7) is -0.716. The number of hydrogen-bond donors (Lipinski definition) is 1. The maximum absolute atomic E-state index is 11.0. The smallest absolute Gasteiger partial charge is 0.328 e. The van der Waals surface area contributed by atoms with Crippen molar-refractivity contribution in [3.8, 4) is 0 Å². The zero-order valence-corrected chi connectivity index (χ0v) is 3.60. The molecule has 0 aromatic rings. The molecule has 0 aliphatic carbocycles. The minimum atomic E-state index is -1.11. The maximum atomic E-state index is 11.0. The van der Waals surface area contributed by atoms with E-state index in [0.717, 1.165) is 12.2 Å². The van der Waals surface area contributed by atoms with Gasteiger partial charge in [-0.3, -0.25) is 0 Å². The van der Waals surface area contributed by atoms with E-state index in [1.54, 1.807) is 0 Å². The van der Waals surface area contributed by atoms with Gasteiger partial charge >= 0.3 is 5.97 Å². The molecule has 0 amide bonds. The number of halogens is 1. The van der Waals surface area contributed by atoms with Gasteiger partial charge in [0.2, 0.25) is 0 Å². The van der Waals surface area contributed by atoms with Crippen LogP contribution in [0.1, 0.15) is 0 Å². The highest BCUT2D eigenvalue weighted by Gasteiger charge is 1.80. The number of aliphatic carboxylic acids is 1. The standard InChI is InChI=1S/C4H5FO2/c5-3-1-2-4(6)7/h1-2H,3H2,(H,6,7)/b2-1-. The Balaban J connectivity index is 3.26. The Morgan fingerprint density at radius 2 is 2.43 bits per heavy atom. The lowest BCUT2D eigenvalue weighted by Gasteiger charge is -1.72. The van der Waals surface area contributed by atoms with E-state index in [1.165, 1.54) is 0 Å². The molecule has 0 saturated carbocycles. The van der Waals surface area contributed by atoms with Crippen LogP contribution >= 0.6 is 0 Å². The summed E-state index contributed by atoms with van der Waals surface area (Å²) in [6, 6.07) is 0. The highest BCUT2D eigenvalue weighted by atomic mass is 19.1. The van der Waals surface area contributed by atoms with Crippen molar-refractivity contribution in [3.05, 3.63) is 12.2 Å². The molecule has 0 spiro atoms. The maximum Gasteiger partial charge on any atom is 0.328 e. The second kappa shape index (κ2) is 3.33. The second-order valence-electron chi connectivity index (χ2n) is 0.895. The van der Waals surface area contributed by atoms with Crippen LogP contribution in [0, 0.1) is 0 Å². The molecule has 7 heavy (non-hydrogen) atoms. The average Bonchev–Trinajstić information content (AvgIpc) is 1.61. The van der Waals surface area contributed by atoms with Gasteiger partial charge in [-0.1, -0.05) is 0 Å². The molecule has 0 rings (SSSR count). The SMILES string of the molecule is O=C(O)/C=C\CF. The Morgan fingerprint density at radius 3 is 2.57 bits per heavy atom. The van der Waals surface area contributed by atoms with E-state index in [2.05, 4.69) is 0 Å². The lowest BCUT2D eigenvalue weighted by atomic mass is 10.5. The van der Waals surface area contributed by atoms with Crippen LogP contribution in [0.25, 0.3) is 0 Å². The summed E-state index contributed by atoms with van der Waals surface area (Å²) in [6.07, 6.45) is 1.70. The third-order valence-corrected chi connectivity index (χ3v) is 0.350. The number of carbonyl (C=O) groups is 1. The molecule has 0 heterocycles. The first-order valence-corrected chi connectivity index (χ1v) is 1.73. The fourth-order valence-corrected chi connectivity index (χ4v) is 0.145. The summed E-state index contributed by atoms with van der Waals surface area (Å²) in [5.74, 6) is -1.11. The highest BCUT2D eigenvalue weighted by molar-refractivity contribution is 5.79. The molecule has 0 atom stereocenters. The molecule has 0 aromatic carbocycles. The third-order valence-electron chi connectivity index (χ3n) is 0.350. The molecule has 0 bridgehead atoms. The van der Waals surface area contributed by atoms with Gasteiger partial charge in [-0.25, -0.2) is 9.18 Å². The Kier molecular flexibility index (Phi) is 2.92. The summed E-state index contributed by atoms with van der Waals surface area (Å²) in [5, 5.41) is 7.79. The Labute approximate surface area is 40.3 Å². The number of rotatable bonds is 2. The van der Waals surface area contributed by atoms with Crippen LogP contribution in [0.3, 0.4) is 0 Å². The summed E-state index contributed by atoms with van der Waals surface area (Å²) in [7, 11) is 0. The molecule has 0 saturated heterocycles. The largest absolute Gasteiger partial charge is 0.478 e. The van der Waals surface area contributed by atoms with Crippen molar-refractivity contribution in [2.45, 2.75) is 0 Å². The molecule has 40 valence electrons. The first-order chi connectivity index (χ1) is 3.27. The van der Waals surface area contributed by atoms with Crippen LogP contribution in [-0.4, -0.2) is 17.8 Å². The molecule has 0 aliphatic rings. The minimum absolute atomic E-state index is 0.716. The molecule has 0 aromatic heterocycles. The van der Waals surface area contributed by atoms with Gasteiger partial charge in [0, 0.05) is 6.08 Å². The topological polar surface area (TPSA) is 37.3 Å². The number of allylic oxidation sites excluding steroid dienone is 1. The van der Waals surface area contributed by atoms with E-state index in [-0.39, 0.29) is 0 Å². The quantitative estimate of drug-likeness (QED) is 0.521. The Hall–Kier alpha value is -0.860. The monoisotopic (exact) mass is 104 g/mol. The van der Waals surface area contributed by atoms with Crippen molar-refractivity contribution in [3.63, 3.8) is 0 Å². The van der Waals surface area contributed by atoms with E-state index in [0.29, 0.717) is 0 Å². The molecule has 3 heteroatoms. The van der Waals surface area contributed by atoms with Crippen molar-refractivity contribution in [2.75, 3.05) is 6.67 Å². The van der Waals surface area contributed by atoms with Gasteiger partial charge in [0.1, 0.15) is 6.67 Å². The Bertz CT molecular complexity index is 87.7. The third kappa shape index (κ3) is 5.14. The first-order valence-electron chi connectivity index (χ1n) is 1.73.